The van der Waals surface area contributed by atoms with Gasteiger partial charge in [0.1, 0.15) is 5.82 Å². The first-order chi connectivity index (χ1) is 13.2. The molecule has 28 heavy (non-hydrogen) atoms. The van der Waals surface area contributed by atoms with Crippen molar-refractivity contribution in [3.8, 4) is 11.5 Å². The zero-order valence-corrected chi connectivity index (χ0v) is 19.0. The summed E-state index contributed by atoms with van der Waals surface area (Å²) in [6, 6.07) is 12.7. The number of hydrogen-bond acceptors (Lipinski definition) is 3. The van der Waals surface area contributed by atoms with E-state index in [2.05, 4.69) is 15.6 Å². The molecule has 2 rings (SSSR count). The first kappa shape index (κ1) is 24.0. The van der Waals surface area contributed by atoms with Gasteiger partial charge in [-0.3, -0.25) is 0 Å². The van der Waals surface area contributed by atoms with Crippen LogP contribution in [-0.2, 0) is 13.0 Å². The molecule has 0 aliphatic heterocycles. The number of aliphatic imine (C=N–C) groups is 1. The molecule has 0 bridgehead atoms. The lowest BCUT2D eigenvalue weighted by atomic mass is 10.1. The molecule has 0 saturated heterocycles. The summed E-state index contributed by atoms with van der Waals surface area (Å²) in [5.74, 6) is 1.93. The lowest BCUT2D eigenvalue weighted by molar-refractivity contribution is 0.354. The second-order valence-electron chi connectivity index (χ2n) is 6.01. The molecule has 0 aliphatic carbocycles. The number of benzene rings is 2. The van der Waals surface area contributed by atoms with Crippen molar-refractivity contribution in [3.05, 3.63) is 59.4 Å². The van der Waals surface area contributed by atoms with Crippen molar-refractivity contribution < 1.29 is 13.9 Å². The van der Waals surface area contributed by atoms with Gasteiger partial charge in [-0.1, -0.05) is 24.3 Å². The maximum Gasteiger partial charge on any atom is 0.191 e. The number of aryl methyl sites for hydroxylation is 1. The predicted octanol–water partition coefficient (Wildman–Crippen LogP) is 4.15. The quantitative estimate of drug-likeness (QED) is 0.235. The van der Waals surface area contributed by atoms with Crippen LogP contribution in [0.4, 0.5) is 4.39 Å². The summed E-state index contributed by atoms with van der Waals surface area (Å²) >= 11 is 0. The first-order valence-corrected chi connectivity index (χ1v) is 9.14. The Morgan fingerprint density at radius 1 is 1.04 bits per heavy atom. The van der Waals surface area contributed by atoms with Gasteiger partial charge < -0.3 is 20.1 Å². The molecule has 0 heterocycles. The summed E-state index contributed by atoms with van der Waals surface area (Å²) in [6.07, 6.45) is 1.83. The molecule has 2 aromatic carbocycles. The zero-order valence-electron chi connectivity index (χ0n) is 16.6. The first-order valence-electron chi connectivity index (χ1n) is 9.14. The van der Waals surface area contributed by atoms with Crippen LogP contribution in [0.1, 0.15) is 24.5 Å². The molecule has 154 valence electrons. The number of nitrogens with zero attached hydrogens (tertiary/aromatic N) is 1. The lowest BCUT2D eigenvalue weighted by Gasteiger charge is -2.12. The fourth-order valence-corrected chi connectivity index (χ4v) is 2.67. The van der Waals surface area contributed by atoms with E-state index in [9.17, 15) is 4.39 Å². The minimum atomic E-state index is -0.231. The highest BCUT2D eigenvalue weighted by atomic mass is 127. The second-order valence-corrected chi connectivity index (χ2v) is 6.01. The summed E-state index contributed by atoms with van der Waals surface area (Å²) < 4.78 is 24.3. The van der Waals surface area contributed by atoms with Crippen LogP contribution >= 0.6 is 24.0 Å². The molecule has 0 aliphatic rings. The Balaban J connectivity index is 0.00000392. The Bertz CT molecular complexity index is 756. The van der Waals surface area contributed by atoms with Crippen molar-refractivity contribution in [2.75, 3.05) is 27.3 Å². The van der Waals surface area contributed by atoms with Crippen LogP contribution in [0.3, 0.4) is 0 Å². The standard InChI is InChI=1S/C21H28FN3O2.HI/c1-4-23-21(25-15-17-9-5-6-10-18(17)22)24-13-7-8-16-11-12-19(26-2)20(14-16)27-3;/h5-6,9-12,14H,4,7-8,13,15H2,1-3H3,(H2,23,24,25);1H. The van der Waals surface area contributed by atoms with Crippen molar-refractivity contribution in [3.63, 3.8) is 0 Å². The van der Waals surface area contributed by atoms with E-state index in [-0.39, 0.29) is 29.8 Å². The van der Waals surface area contributed by atoms with Gasteiger partial charge in [0, 0.05) is 18.7 Å². The normalized spacial score (nSPS) is 10.8. The van der Waals surface area contributed by atoms with Crippen LogP contribution in [-0.4, -0.2) is 33.3 Å². The van der Waals surface area contributed by atoms with E-state index in [1.165, 1.54) is 11.6 Å². The van der Waals surface area contributed by atoms with E-state index in [0.29, 0.717) is 18.1 Å². The number of guanidine groups is 1. The monoisotopic (exact) mass is 501 g/mol. The number of nitrogens with one attached hydrogen (secondary N) is 2. The molecular formula is C21H29FIN3O2. The molecule has 0 atom stereocenters. The molecule has 0 fully saturated rings. The van der Waals surface area contributed by atoms with Crippen LogP contribution in [0, 0.1) is 5.82 Å². The molecule has 5 nitrogen and oxygen atoms in total. The smallest absolute Gasteiger partial charge is 0.191 e. The summed E-state index contributed by atoms with van der Waals surface area (Å²) in [5.41, 5.74) is 1.77. The van der Waals surface area contributed by atoms with Crippen molar-refractivity contribution in [2.45, 2.75) is 26.3 Å². The lowest BCUT2D eigenvalue weighted by Crippen LogP contribution is -2.37. The minimum absolute atomic E-state index is 0. The van der Waals surface area contributed by atoms with E-state index >= 15 is 0 Å². The third-order valence-corrected chi connectivity index (χ3v) is 4.09. The van der Waals surface area contributed by atoms with Gasteiger partial charge in [-0.2, -0.15) is 0 Å². The molecule has 0 spiro atoms. The third kappa shape index (κ3) is 7.53. The molecule has 7 heteroatoms. The average Bonchev–Trinajstić information content (AvgIpc) is 2.70. The third-order valence-electron chi connectivity index (χ3n) is 4.09. The van der Waals surface area contributed by atoms with Crippen molar-refractivity contribution in [1.82, 2.24) is 10.6 Å². The van der Waals surface area contributed by atoms with E-state index in [0.717, 1.165) is 37.4 Å². The van der Waals surface area contributed by atoms with Gasteiger partial charge in [0.05, 0.1) is 20.8 Å². The molecule has 0 unspecified atom stereocenters. The van der Waals surface area contributed by atoms with E-state index in [1.807, 2.05) is 31.2 Å². The van der Waals surface area contributed by atoms with E-state index in [4.69, 9.17) is 9.47 Å². The molecule has 0 aromatic heterocycles. The molecule has 0 amide bonds. The number of rotatable bonds is 9. The zero-order chi connectivity index (χ0) is 19.5. The SMILES string of the molecule is CCNC(=NCc1ccccc1F)NCCCc1ccc(OC)c(OC)c1.I. The van der Waals surface area contributed by atoms with E-state index in [1.54, 1.807) is 26.4 Å². The van der Waals surface area contributed by atoms with Gasteiger partial charge in [-0.15, -0.1) is 24.0 Å². The Labute approximate surface area is 183 Å². The van der Waals surface area contributed by atoms with E-state index < -0.39 is 0 Å². The summed E-state index contributed by atoms with van der Waals surface area (Å²) in [5, 5.41) is 6.48. The summed E-state index contributed by atoms with van der Waals surface area (Å²) in [6.45, 7) is 3.82. The van der Waals surface area contributed by atoms with Crippen LogP contribution in [0.25, 0.3) is 0 Å². The topological polar surface area (TPSA) is 54.9 Å². The van der Waals surface area contributed by atoms with Gasteiger partial charge in [0.15, 0.2) is 17.5 Å². The molecule has 0 saturated carbocycles. The number of hydrogen-bond donors (Lipinski definition) is 2. The van der Waals surface area contributed by atoms with Gasteiger partial charge >= 0.3 is 0 Å². The molecule has 2 aromatic rings. The Morgan fingerprint density at radius 2 is 1.79 bits per heavy atom. The highest BCUT2D eigenvalue weighted by Crippen LogP contribution is 2.27. The van der Waals surface area contributed by atoms with Gasteiger partial charge in [0.2, 0.25) is 0 Å². The highest BCUT2D eigenvalue weighted by molar-refractivity contribution is 14.0. The van der Waals surface area contributed by atoms with Crippen LogP contribution in [0.2, 0.25) is 0 Å². The Morgan fingerprint density at radius 3 is 2.46 bits per heavy atom. The van der Waals surface area contributed by atoms with Crippen LogP contribution in [0.5, 0.6) is 11.5 Å². The fraction of sp³-hybridized carbons (Fsp3) is 0.381. The minimum Gasteiger partial charge on any atom is -0.493 e. The van der Waals surface area contributed by atoms with Crippen LogP contribution < -0.4 is 20.1 Å². The van der Waals surface area contributed by atoms with Gasteiger partial charge in [0.25, 0.3) is 0 Å². The number of methoxy groups -OCH3 is 2. The molecule has 0 radical (unpaired) electrons. The van der Waals surface area contributed by atoms with Gasteiger partial charge in [-0.05, 0) is 43.5 Å². The average molecular weight is 501 g/mol. The maximum absolute atomic E-state index is 13.7. The largest absolute Gasteiger partial charge is 0.493 e. The second kappa shape index (κ2) is 13.2. The molecule has 2 N–H and O–H groups in total. The number of ether oxygens (including phenoxy) is 2. The Hall–Kier alpha value is -2.03. The van der Waals surface area contributed by atoms with Crippen LogP contribution in [0.15, 0.2) is 47.5 Å². The van der Waals surface area contributed by atoms with Crippen molar-refractivity contribution >= 4 is 29.9 Å². The van der Waals surface area contributed by atoms with Crippen molar-refractivity contribution in [1.29, 1.82) is 0 Å². The summed E-state index contributed by atoms with van der Waals surface area (Å²) in [7, 11) is 3.27. The molecular weight excluding hydrogens is 472 g/mol. The fourth-order valence-electron chi connectivity index (χ4n) is 2.67. The number of halogens is 2. The highest BCUT2D eigenvalue weighted by Gasteiger charge is 2.05. The van der Waals surface area contributed by atoms with Gasteiger partial charge in [-0.25, -0.2) is 9.38 Å². The Kier molecular flexibility index (Phi) is 11.3. The predicted molar refractivity (Wildman–Crippen MR) is 123 cm³/mol. The maximum atomic E-state index is 13.7. The summed E-state index contributed by atoms with van der Waals surface area (Å²) in [4.78, 5) is 4.46. The van der Waals surface area contributed by atoms with Crippen molar-refractivity contribution in [2.24, 2.45) is 4.99 Å².